The SMILES string of the molecule is C=C1CCC2[C@](C)(CC[C@@H](O)[C@@]2(C)CO)C1CC(Nc1ncc[nH]1)C1=C/C(=C\c2ccc(NC(=O)CC(=O)NC3C4CN5CC3CN(C4)C5)cc2)OC1=O. The number of carbonyl (C=O) groups excluding carboxylic acids is 3. The highest BCUT2D eigenvalue weighted by molar-refractivity contribution is 6.03. The van der Waals surface area contributed by atoms with Crippen LogP contribution in [0, 0.1) is 34.5 Å². The lowest BCUT2D eigenvalue weighted by molar-refractivity contribution is -0.152. The second-order valence-electron chi connectivity index (χ2n) is 17.1. The Balaban J connectivity index is 0.933. The van der Waals surface area contributed by atoms with Gasteiger partial charge in [-0.15, -0.1) is 0 Å². The number of aromatic nitrogens is 2. The zero-order valence-corrected chi connectivity index (χ0v) is 31.2. The molecule has 6 fully saturated rings. The van der Waals surface area contributed by atoms with Gasteiger partial charge in [-0.2, -0.15) is 0 Å². The zero-order valence-electron chi connectivity index (χ0n) is 31.2. The minimum atomic E-state index is -0.615. The molecule has 288 valence electrons. The number of hydrogen-bond donors (Lipinski definition) is 6. The molecule has 1 aromatic carbocycles. The third-order valence-electron chi connectivity index (χ3n) is 13.6. The van der Waals surface area contributed by atoms with E-state index in [9.17, 15) is 24.6 Å². The first kappa shape index (κ1) is 36.7. The summed E-state index contributed by atoms with van der Waals surface area (Å²) in [5, 5.41) is 30.9. The number of hydrogen-bond acceptors (Lipinski definition) is 10. The number of nitrogens with one attached hydrogen (secondary N) is 4. The van der Waals surface area contributed by atoms with Gasteiger partial charge >= 0.3 is 5.97 Å². The van der Waals surface area contributed by atoms with Gasteiger partial charge in [0.05, 0.1) is 31.0 Å². The van der Waals surface area contributed by atoms with E-state index in [1.807, 2.05) is 19.1 Å². The van der Waals surface area contributed by atoms with Gasteiger partial charge in [-0.3, -0.25) is 19.4 Å². The van der Waals surface area contributed by atoms with E-state index in [2.05, 4.69) is 49.2 Å². The lowest BCUT2D eigenvalue weighted by Gasteiger charge is -2.60. The van der Waals surface area contributed by atoms with E-state index in [1.54, 1.807) is 36.7 Å². The number of carbonyl (C=O) groups is 3. The number of cyclic esters (lactones) is 1. The number of ether oxygens (including phenoxy) is 1. The number of esters is 1. The Bertz CT molecular complexity index is 1810. The Morgan fingerprint density at radius 2 is 1.83 bits per heavy atom. The number of amides is 2. The number of H-pyrrole nitrogens is 1. The molecule has 4 saturated heterocycles. The van der Waals surface area contributed by atoms with E-state index in [4.69, 9.17) is 4.74 Å². The maximum absolute atomic E-state index is 13.5. The molecule has 2 saturated carbocycles. The number of piperidine rings is 2. The maximum atomic E-state index is 13.5. The third kappa shape index (κ3) is 6.91. The molecule has 4 bridgehead atoms. The second kappa shape index (κ2) is 14.4. The molecule has 54 heavy (non-hydrogen) atoms. The predicted molar refractivity (Wildman–Crippen MR) is 203 cm³/mol. The Morgan fingerprint density at radius 1 is 1.11 bits per heavy atom. The molecular formula is C41H53N7O6. The van der Waals surface area contributed by atoms with Crippen LogP contribution in [0.4, 0.5) is 11.6 Å². The fraction of sp³-hybridized carbons (Fsp3) is 0.561. The van der Waals surface area contributed by atoms with Gasteiger partial charge < -0.3 is 35.9 Å². The Hall–Kier alpha value is -4.30. The van der Waals surface area contributed by atoms with Crippen molar-refractivity contribution < 1.29 is 29.3 Å². The van der Waals surface area contributed by atoms with Crippen molar-refractivity contribution in [2.24, 2.45) is 34.5 Å². The molecule has 2 aromatic rings. The molecule has 13 nitrogen and oxygen atoms in total. The first-order chi connectivity index (χ1) is 25.9. The maximum Gasteiger partial charge on any atom is 0.341 e. The lowest BCUT2D eigenvalue weighted by Crippen LogP contribution is -2.71. The number of aliphatic hydroxyl groups excluding tert-OH is 2. The van der Waals surface area contributed by atoms with Crippen molar-refractivity contribution >= 4 is 35.5 Å². The molecule has 0 spiro atoms. The fourth-order valence-electron chi connectivity index (χ4n) is 11.0. The molecule has 0 radical (unpaired) electrons. The van der Waals surface area contributed by atoms with Crippen LogP contribution in [0.2, 0.25) is 0 Å². The van der Waals surface area contributed by atoms with E-state index in [1.165, 1.54) is 0 Å². The van der Waals surface area contributed by atoms with E-state index in [0.29, 0.717) is 47.6 Å². The molecule has 6 atom stereocenters. The van der Waals surface area contributed by atoms with Gasteiger partial charge in [0.15, 0.2) is 0 Å². The van der Waals surface area contributed by atoms with Gasteiger partial charge in [0, 0.05) is 67.6 Å². The average Bonchev–Trinajstić information content (AvgIpc) is 3.78. The minimum absolute atomic E-state index is 0.0199. The van der Waals surface area contributed by atoms with Gasteiger partial charge in [-0.05, 0) is 79.2 Å². The summed E-state index contributed by atoms with van der Waals surface area (Å²) in [5.74, 6) is 0.803. The molecule has 5 aliphatic heterocycles. The van der Waals surface area contributed by atoms with Crippen molar-refractivity contribution in [3.05, 3.63) is 71.8 Å². The number of nitrogens with zero attached hydrogens (tertiary/aromatic N) is 3. The van der Waals surface area contributed by atoms with Crippen molar-refractivity contribution in [3.8, 4) is 0 Å². The molecule has 9 rings (SSSR count). The van der Waals surface area contributed by atoms with Crippen molar-refractivity contribution in [2.75, 3.05) is 50.1 Å². The van der Waals surface area contributed by atoms with Crippen LogP contribution in [0.3, 0.4) is 0 Å². The second-order valence-corrected chi connectivity index (χ2v) is 17.1. The predicted octanol–water partition coefficient (Wildman–Crippen LogP) is 3.49. The van der Waals surface area contributed by atoms with Crippen LogP contribution >= 0.6 is 0 Å². The van der Waals surface area contributed by atoms with Crippen LogP contribution in [0.5, 0.6) is 0 Å². The van der Waals surface area contributed by atoms with Crippen molar-refractivity contribution in [1.29, 1.82) is 0 Å². The van der Waals surface area contributed by atoms with Crippen LogP contribution in [0.15, 0.2) is 66.2 Å². The first-order valence-electron chi connectivity index (χ1n) is 19.4. The van der Waals surface area contributed by atoms with E-state index in [0.717, 1.165) is 63.2 Å². The van der Waals surface area contributed by atoms with E-state index in [-0.39, 0.29) is 48.1 Å². The molecule has 6 heterocycles. The Labute approximate surface area is 316 Å². The summed E-state index contributed by atoms with van der Waals surface area (Å²) in [6, 6.07) is 6.84. The molecule has 3 unspecified atom stereocenters. The smallest absolute Gasteiger partial charge is 0.341 e. The van der Waals surface area contributed by atoms with Crippen LogP contribution in [0.25, 0.3) is 6.08 Å². The monoisotopic (exact) mass is 739 g/mol. The summed E-state index contributed by atoms with van der Waals surface area (Å²) >= 11 is 0. The summed E-state index contributed by atoms with van der Waals surface area (Å²) in [5.41, 5.74) is 2.09. The highest BCUT2D eigenvalue weighted by Crippen LogP contribution is 2.62. The van der Waals surface area contributed by atoms with Crippen molar-refractivity contribution in [2.45, 2.75) is 70.6 Å². The Morgan fingerprint density at radius 3 is 2.50 bits per heavy atom. The average molecular weight is 740 g/mol. The summed E-state index contributed by atoms with van der Waals surface area (Å²) < 4.78 is 5.78. The lowest BCUT2D eigenvalue weighted by atomic mass is 9.46. The minimum Gasteiger partial charge on any atom is -0.423 e. The van der Waals surface area contributed by atoms with Gasteiger partial charge in [0.25, 0.3) is 0 Å². The molecule has 13 heteroatoms. The Kier molecular flexibility index (Phi) is 9.78. The van der Waals surface area contributed by atoms with Crippen LogP contribution in [-0.4, -0.2) is 105 Å². The molecule has 2 aliphatic carbocycles. The van der Waals surface area contributed by atoms with Crippen molar-refractivity contribution in [3.63, 3.8) is 0 Å². The standard InChI is InChI=1S/C41H53N7O6/c1-24-4-9-33-40(2,11-10-34(50)41(33,3)22-49)31(24)16-32(45-39-42-12-13-43-39)30-15-29(54-38(30)53)14-25-5-7-28(8-6-25)44-35(51)17-36(52)46-37-26-18-47-20-27(37)21-48(19-26)23-47/h5-8,12-15,26-27,31-34,37,49-50H,1,4,9-11,16-23H2,2-3H3,(H,44,51)(H,46,52)(H2,42,43,45)/b29-14+/t26?,27?,31?,32?,33?,34-,37?,40-,41+/m1/s1. The number of fused-ring (bicyclic) bond motifs is 1. The number of allylic oxidation sites excluding steroid dienone is 2. The van der Waals surface area contributed by atoms with Gasteiger partial charge in [-0.25, -0.2) is 9.78 Å². The van der Waals surface area contributed by atoms with Gasteiger partial charge in [0.1, 0.15) is 12.2 Å². The molecule has 1 aromatic heterocycles. The summed E-state index contributed by atoms with van der Waals surface area (Å²) in [6.45, 7) is 13.7. The fourth-order valence-corrected chi connectivity index (χ4v) is 11.0. The van der Waals surface area contributed by atoms with Crippen LogP contribution < -0.4 is 16.0 Å². The van der Waals surface area contributed by atoms with Crippen LogP contribution in [0.1, 0.15) is 57.9 Å². The molecule has 6 N–H and O–H groups in total. The quantitative estimate of drug-likeness (QED) is 0.114. The highest BCUT2D eigenvalue weighted by atomic mass is 16.5. The van der Waals surface area contributed by atoms with Crippen molar-refractivity contribution in [1.82, 2.24) is 25.1 Å². The molecule has 2 amide bonds. The zero-order chi connectivity index (χ0) is 37.8. The normalized spacial score (nSPS) is 36.7. The number of rotatable bonds is 11. The number of imidazole rings is 1. The first-order valence-corrected chi connectivity index (χ1v) is 19.4. The van der Waals surface area contributed by atoms with Crippen LogP contribution in [-0.2, 0) is 19.1 Å². The summed E-state index contributed by atoms with van der Waals surface area (Å²) in [4.78, 5) is 51.5. The number of anilines is 2. The van der Waals surface area contributed by atoms with Gasteiger partial charge in [0.2, 0.25) is 17.8 Å². The third-order valence-corrected chi connectivity index (χ3v) is 13.6. The summed E-state index contributed by atoms with van der Waals surface area (Å²) in [7, 11) is 0. The topological polar surface area (TPSA) is 172 Å². The number of aromatic amines is 1. The van der Waals surface area contributed by atoms with E-state index >= 15 is 0 Å². The van der Waals surface area contributed by atoms with E-state index < -0.39 is 23.5 Å². The molecular weight excluding hydrogens is 686 g/mol. The summed E-state index contributed by atoms with van der Waals surface area (Å²) in [6.07, 6.45) is 9.70. The number of aliphatic hydroxyl groups is 2. The highest BCUT2D eigenvalue weighted by Gasteiger charge is 2.58. The molecule has 7 aliphatic rings. The largest absolute Gasteiger partial charge is 0.423 e. The number of benzene rings is 1. The van der Waals surface area contributed by atoms with Gasteiger partial charge in [-0.1, -0.05) is 38.1 Å².